The summed E-state index contributed by atoms with van der Waals surface area (Å²) in [4.78, 5) is 17.0. The second kappa shape index (κ2) is 6.30. The number of amides is 1. The molecule has 4 rings (SSSR count). The normalized spacial score (nSPS) is 12.5. The number of rotatable bonds is 3. The van der Waals surface area contributed by atoms with E-state index < -0.39 is 5.41 Å². The molecule has 130 valence electrons. The molecule has 1 aliphatic heterocycles. The van der Waals surface area contributed by atoms with Crippen molar-refractivity contribution in [1.82, 2.24) is 4.98 Å². The molecular formula is C22H20N2O2. The third-order valence-corrected chi connectivity index (χ3v) is 4.88. The molecule has 0 unspecified atom stereocenters. The Balaban J connectivity index is 1.60. The van der Waals surface area contributed by atoms with Gasteiger partial charge in [-0.2, -0.15) is 0 Å². The van der Waals surface area contributed by atoms with Gasteiger partial charge in [-0.3, -0.25) is 9.78 Å². The second-order valence-corrected chi connectivity index (χ2v) is 6.98. The molecule has 0 spiro atoms. The molecule has 2 heterocycles. The van der Waals surface area contributed by atoms with Gasteiger partial charge in [-0.1, -0.05) is 30.3 Å². The van der Waals surface area contributed by atoms with Crippen molar-refractivity contribution < 1.29 is 9.53 Å². The van der Waals surface area contributed by atoms with E-state index in [4.69, 9.17) is 4.74 Å². The number of fused-ring (bicyclic) bond motifs is 3. The van der Waals surface area contributed by atoms with E-state index in [1.54, 1.807) is 6.20 Å². The van der Waals surface area contributed by atoms with E-state index in [9.17, 15) is 4.79 Å². The zero-order chi connectivity index (χ0) is 18.1. The van der Waals surface area contributed by atoms with E-state index in [1.807, 2.05) is 74.6 Å². The van der Waals surface area contributed by atoms with Crippen LogP contribution in [0.4, 0.5) is 5.69 Å². The molecule has 0 saturated heterocycles. The monoisotopic (exact) mass is 344 g/mol. The van der Waals surface area contributed by atoms with Gasteiger partial charge in [0.15, 0.2) is 0 Å². The summed E-state index contributed by atoms with van der Waals surface area (Å²) in [5.74, 6) is 0.725. The van der Waals surface area contributed by atoms with Gasteiger partial charge in [-0.25, -0.2) is 0 Å². The number of nitrogens with zero attached hydrogens (tertiary/aromatic N) is 1. The number of nitrogens with one attached hydrogen (secondary N) is 1. The van der Waals surface area contributed by atoms with Gasteiger partial charge in [-0.15, -0.1) is 0 Å². The molecule has 26 heavy (non-hydrogen) atoms. The molecule has 1 amide bonds. The molecule has 4 nitrogen and oxygen atoms in total. The van der Waals surface area contributed by atoms with E-state index in [-0.39, 0.29) is 5.91 Å². The SMILES string of the molecule is CC(C)(C(=O)Nc1ccc2c(c1)OCc1cnccc1-2)c1ccccc1. The summed E-state index contributed by atoms with van der Waals surface area (Å²) in [6.07, 6.45) is 3.61. The summed E-state index contributed by atoms with van der Waals surface area (Å²) in [5, 5.41) is 3.02. The Labute approximate surface area is 152 Å². The molecule has 1 N–H and O–H groups in total. The van der Waals surface area contributed by atoms with E-state index >= 15 is 0 Å². The average molecular weight is 344 g/mol. The second-order valence-electron chi connectivity index (χ2n) is 6.98. The summed E-state index contributed by atoms with van der Waals surface area (Å²) in [7, 11) is 0. The van der Waals surface area contributed by atoms with Gasteiger partial charge in [0.2, 0.25) is 5.91 Å². The van der Waals surface area contributed by atoms with Gasteiger partial charge < -0.3 is 10.1 Å². The van der Waals surface area contributed by atoms with Crippen molar-refractivity contribution in [2.24, 2.45) is 0 Å². The minimum atomic E-state index is -0.629. The van der Waals surface area contributed by atoms with Crippen LogP contribution in [0.5, 0.6) is 5.75 Å². The third kappa shape index (κ3) is 2.84. The minimum absolute atomic E-state index is 0.0518. The fourth-order valence-electron chi connectivity index (χ4n) is 3.18. The molecule has 1 aliphatic rings. The Morgan fingerprint density at radius 3 is 2.69 bits per heavy atom. The highest BCUT2D eigenvalue weighted by atomic mass is 16.5. The van der Waals surface area contributed by atoms with Crippen LogP contribution < -0.4 is 10.1 Å². The van der Waals surface area contributed by atoms with Crippen molar-refractivity contribution in [2.75, 3.05) is 5.32 Å². The van der Waals surface area contributed by atoms with Crippen molar-refractivity contribution in [3.63, 3.8) is 0 Å². The summed E-state index contributed by atoms with van der Waals surface area (Å²) in [6.45, 7) is 4.34. The Morgan fingerprint density at radius 1 is 1.08 bits per heavy atom. The number of anilines is 1. The van der Waals surface area contributed by atoms with Crippen LogP contribution >= 0.6 is 0 Å². The summed E-state index contributed by atoms with van der Waals surface area (Å²) < 4.78 is 5.85. The third-order valence-electron chi connectivity index (χ3n) is 4.88. The first-order valence-electron chi connectivity index (χ1n) is 8.63. The highest BCUT2D eigenvalue weighted by molar-refractivity contribution is 5.99. The molecule has 3 aromatic rings. The molecule has 0 fully saturated rings. The van der Waals surface area contributed by atoms with Crippen LogP contribution in [-0.4, -0.2) is 10.9 Å². The van der Waals surface area contributed by atoms with Crippen LogP contribution in [0.15, 0.2) is 67.0 Å². The van der Waals surface area contributed by atoms with Gasteiger partial charge in [0.1, 0.15) is 12.4 Å². The van der Waals surface area contributed by atoms with E-state index in [2.05, 4.69) is 10.3 Å². The lowest BCUT2D eigenvalue weighted by molar-refractivity contribution is -0.120. The van der Waals surface area contributed by atoms with Gasteiger partial charge in [0.05, 0.1) is 5.41 Å². The molecular weight excluding hydrogens is 324 g/mol. The number of benzene rings is 2. The number of carbonyl (C=O) groups excluding carboxylic acids is 1. The predicted molar refractivity (Wildman–Crippen MR) is 102 cm³/mol. The first-order chi connectivity index (χ1) is 12.6. The number of ether oxygens (including phenoxy) is 1. The van der Waals surface area contributed by atoms with Crippen LogP contribution in [0.2, 0.25) is 0 Å². The zero-order valence-electron chi connectivity index (χ0n) is 14.8. The van der Waals surface area contributed by atoms with Crippen molar-refractivity contribution in [2.45, 2.75) is 25.9 Å². The quantitative estimate of drug-likeness (QED) is 0.758. The first-order valence-corrected chi connectivity index (χ1v) is 8.63. The van der Waals surface area contributed by atoms with Gasteiger partial charge in [-0.05, 0) is 43.2 Å². The molecule has 0 saturated carbocycles. The summed E-state index contributed by atoms with van der Waals surface area (Å²) in [6, 6.07) is 17.6. The van der Waals surface area contributed by atoms with Crippen molar-refractivity contribution in [3.05, 3.63) is 78.1 Å². The van der Waals surface area contributed by atoms with E-state index in [0.717, 1.165) is 33.7 Å². The highest BCUT2D eigenvalue weighted by Crippen LogP contribution is 2.38. The van der Waals surface area contributed by atoms with Crippen molar-refractivity contribution in [1.29, 1.82) is 0 Å². The maximum Gasteiger partial charge on any atom is 0.234 e. The molecule has 0 aliphatic carbocycles. The largest absolute Gasteiger partial charge is 0.488 e. The van der Waals surface area contributed by atoms with Gasteiger partial charge >= 0.3 is 0 Å². The number of hydrogen-bond donors (Lipinski definition) is 1. The number of carbonyl (C=O) groups is 1. The Bertz CT molecular complexity index is 965. The number of pyridine rings is 1. The maximum atomic E-state index is 12.8. The van der Waals surface area contributed by atoms with E-state index in [0.29, 0.717) is 6.61 Å². The van der Waals surface area contributed by atoms with Crippen LogP contribution in [-0.2, 0) is 16.8 Å². The zero-order valence-corrected chi connectivity index (χ0v) is 14.8. The fourth-order valence-corrected chi connectivity index (χ4v) is 3.18. The minimum Gasteiger partial charge on any atom is -0.488 e. The molecule has 2 aromatic carbocycles. The molecule has 0 atom stereocenters. The average Bonchev–Trinajstić information content (AvgIpc) is 2.68. The molecule has 1 aromatic heterocycles. The maximum absolute atomic E-state index is 12.8. The smallest absolute Gasteiger partial charge is 0.234 e. The van der Waals surface area contributed by atoms with Crippen LogP contribution in [0, 0.1) is 0 Å². The van der Waals surface area contributed by atoms with Gasteiger partial charge in [0.25, 0.3) is 0 Å². The first kappa shape index (κ1) is 16.3. The van der Waals surface area contributed by atoms with E-state index in [1.165, 1.54) is 0 Å². The van der Waals surface area contributed by atoms with Crippen LogP contribution in [0.3, 0.4) is 0 Å². The fraction of sp³-hybridized carbons (Fsp3) is 0.182. The lowest BCUT2D eigenvalue weighted by Crippen LogP contribution is -2.34. The Hall–Kier alpha value is -3.14. The van der Waals surface area contributed by atoms with Crippen molar-refractivity contribution >= 4 is 11.6 Å². The lowest BCUT2D eigenvalue weighted by Gasteiger charge is -2.25. The number of hydrogen-bond acceptors (Lipinski definition) is 3. The summed E-state index contributed by atoms with van der Waals surface area (Å²) >= 11 is 0. The lowest BCUT2D eigenvalue weighted by atomic mass is 9.83. The van der Waals surface area contributed by atoms with Crippen LogP contribution in [0.1, 0.15) is 25.0 Å². The molecule has 0 bridgehead atoms. The Morgan fingerprint density at radius 2 is 1.88 bits per heavy atom. The molecule has 0 radical (unpaired) electrons. The Kier molecular flexibility index (Phi) is 3.96. The topological polar surface area (TPSA) is 51.2 Å². The summed E-state index contributed by atoms with van der Waals surface area (Å²) in [5.41, 5.74) is 4.30. The van der Waals surface area contributed by atoms with Crippen molar-refractivity contribution in [3.8, 4) is 16.9 Å². The molecule has 4 heteroatoms. The van der Waals surface area contributed by atoms with Crippen LogP contribution in [0.25, 0.3) is 11.1 Å². The van der Waals surface area contributed by atoms with Gasteiger partial charge in [0, 0.05) is 35.3 Å². The number of aromatic nitrogens is 1. The standard InChI is InChI=1S/C22H20N2O2/c1-22(2,16-6-4-3-5-7-16)21(25)24-17-8-9-19-18-10-11-23-13-15(18)14-26-20(19)12-17/h3-13H,14H2,1-2H3,(H,24,25). The highest BCUT2D eigenvalue weighted by Gasteiger charge is 2.30. The predicted octanol–water partition coefficient (Wildman–Crippen LogP) is 4.56.